The summed E-state index contributed by atoms with van der Waals surface area (Å²) in [6, 6.07) is 0. The van der Waals surface area contributed by atoms with E-state index in [1.54, 1.807) is 6.92 Å². The number of carbonyl (C=O) groups is 2. The molecule has 3 N–H and O–H groups in total. The van der Waals surface area contributed by atoms with Gasteiger partial charge >= 0.3 is 5.97 Å². The zero-order valence-electron chi connectivity index (χ0n) is 15.0. The number of carboxylic acids is 1. The number of carbonyl (C=O) groups excluding carboxylic acids is 1. The average Bonchev–Trinajstić information content (AvgIpc) is 2.50. The molecule has 136 valence electrons. The van der Waals surface area contributed by atoms with Crippen molar-refractivity contribution in [2.75, 3.05) is 6.54 Å². The van der Waals surface area contributed by atoms with E-state index in [0.29, 0.717) is 5.78 Å². The van der Waals surface area contributed by atoms with Crippen LogP contribution in [0.5, 0.6) is 0 Å². The average molecular weight is 328 g/mol. The van der Waals surface area contributed by atoms with Gasteiger partial charge in [0.15, 0.2) is 0 Å². The van der Waals surface area contributed by atoms with E-state index in [9.17, 15) is 9.59 Å². The van der Waals surface area contributed by atoms with Crippen LogP contribution >= 0.6 is 0 Å². The lowest BCUT2D eigenvalue weighted by Crippen LogP contribution is -2.11. The largest absolute Gasteiger partial charge is 0.481 e. The van der Waals surface area contributed by atoms with Gasteiger partial charge < -0.3 is 10.8 Å². The van der Waals surface area contributed by atoms with Gasteiger partial charge in [-0.05, 0) is 39.2 Å². The van der Waals surface area contributed by atoms with Crippen molar-refractivity contribution in [3.8, 4) is 0 Å². The number of rotatable bonds is 17. The van der Waals surface area contributed by atoms with Crippen LogP contribution in [0.4, 0.5) is 0 Å². The molecule has 0 aliphatic rings. The highest BCUT2D eigenvalue weighted by Crippen LogP contribution is 2.19. The number of nitrogens with two attached hydrogens (primary N) is 1. The minimum atomic E-state index is -0.726. The number of aliphatic carboxylic acids is 1. The number of hydrogen-bond acceptors (Lipinski definition) is 3. The molecule has 0 saturated heterocycles. The van der Waals surface area contributed by atoms with Gasteiger partial charge in [0.25, 0.3) is 0 Å². The first-order valence-corrected chi connectivity index (χ1v) is 9.50. The lowest BCUT2D eigenvalue weighted by atomic mass is 9.91. The molecule has 0 aromatic carbocycles. The van der Waals surface area contributed by atoms with Gasteiger partial charge in [0, 0.05) is 12.3 Å². The Morgan fingerprint density at radius 1 is 0.783 bits per heavy atom. The van der Waals surface area contributed by atoms with E-state index in [2.05, 4.69) is 0 Å². The van der Waals surface area contributed by atoms with Crippen LogP contribution in [-0.2, 0) is 9.59 Å². The minimum Gasteiger partial charge on any atom is -0.481 e. The smallest absolute Gasteiger partial charge is 0.303 e. The Kier molecular flexibility index (Phi) is 15.4. The molecular weight excluding hydrogens is 290 g/mol. The molecule has 23 heavy (non-hydrogen) atoms. The van der Waals surface area contributed by atoms with Crippen molar-refractivity contribution in [1.29, 1.82) is 0 Å². The molecule has 0 aliphatic heterocycles. The van der Waals surface area contributed by atoms with E-state index >= 15 is 0 Å². The lowest BCUT2D eigenvalue weighted by Gasteiger charge is -2.13. The van der Waals surface area contributed by atoms with Crippen molar-refractivity contribution < 1.29 is 14.7 Å². The van der Waals surface area contributed by atoms with Crippen LogP contribution in [0, 0.1) is 5.92 Å². The summed E-state index contributed by atoms with van der Waals surface area (Å²) in [6.07, 6.45) is 14.7. The molecule has 0 aromatic heterocycles. The van der Waals surface area contributed by atoms with E-state index in [0.717, 1.165) is 51.5 Å². The van der Waals surface area contributed by atoms with E-state index in [4.69, 9.17) is 10.8 Å². The van der Waals surface area contributed by atoms with Gasteiger partial charge in [-0.1, -0.05) is 57.8 Å². The number of Topliss-reactive ketones (excluding diaryl/α,β-unsaturated/α-hetero) is 1. The first-order valence-electron chi connectivity index (χ1n) is 9.50. The second kappa shape index (κ2) is 16.0. The fourth-order valence-corrected chi connectivity index (χ4v) is 2.99. The summed E-state index contributed by atoms with van der Waals surface area (Å²) in [6.45, 7) is 2.50. The molecule has 0 rings (SSSR count). The van der Waals surface area contributed by atoms with Gasteiger partial charge in [-0.15, -0.1) is 0 Å². The molecule has 0 bridgehead atoms. The Morgan fingerprint density at radius 2 is 1.22 bits per heavy atom. The second-order valence-corrected chi connectivity index (χ2v) is 6.71. The van der Waals surface area contributed by atoms with Crippen molar-refractivity contribution in [1.82, 2.24) is 0 Å². The molecular formula is C19H37NO3. The van der Waals surface area contributed by atoms with Gasteiger partial charge in [0.05, 0.1) is 0 Å². The quantitative estimate of drug-likeness (QED) is 0.380. The lowest BCUT2D eigenvalue weighted by molar-refractivity contribution is -0.137. The highest BCUT2D eigenvalue weighted by atomic mass is 16.4. The van der Waals surface area contributed by atoms with Crippen molar-refractivity contribution in [2.24, 2.45) is 11.7 Å². The second-order valence-electron chi connectivity index (χ2n) is 6.71. The highest BCUT2D eigenvalue weighted by molar-refractivity contribution is 5.78. The Labute approximate surface area is 142 Å². The maximum atomic E-state index is 11.7. The van der Waals surface area contributed by atoms with Crippen LogP contribution in [0.15, 0.2) is 0 Å². The first-order chi connectivity index (χ1) is 11.1. The van der Waals surface area contributed by atoms with Crippen molar-refractivity contribution in [3.05, 3.63) is 0 Å². The van der Waals surface area contributed by atoms with Gasteiger partial charge in [0.2, 0.25) is 0 Å². The van der Waals surface area contributed by atoms with Crippen molar-refractivity contribution >= 4 is 11.8 Å². The zero-order valence-corrected chi connectivity index (χ0v) is 15.0. The van der Waals surface area contributed by atoms with Crippen molar-refractivity contribution in [3.63, 3.8) is 0 Å². The first kappa shape index (κ1) is 22.1. The molecule has 0 aromatic rings. The summed E-state index contributed by atoms with van der Waals surface area (Å²) in [5, 5.41) is 8.60. The summed E-state index contributed by atoms with van der Waals surface area (Å²) in [4.78, 5) is 22.1. The molecule has 0 saturated carbocycles. The molecule has 4 heteroatoms. The van der Waals surface area contributed by atoms with Gasteiger partial charge in [-0.25, -0.2) is 0 Å². The third-order valence-corrected chi connectivity index (χ3v) is 4.52. The molecule has 0 fully saturated rings. The van der Waals surface area contributed by atoms with E-state index in [1.165, 1.54) is 38.5 Å². The molecule has 0 spiro atoms. The number of hydrogen-bond donors (Lipinski definition) is 2. The van der Waals surface area contributed by atoms with Gasteiger partial charge in [0.1, 0.15) is 5.78 Å². The van der Waals surface area contributed by atoms with Crippen LogP contribution < -0.4 is 5.73 Å². The molecule has 0 amide bonds. The maximum Gasteiger partial charge on any atom is 0.303 e. The van der Waals surface area contributed by atoms with E-state index in [-0.39, 0.29) is 12.3 Å². The van der Waals surface area contributed by atoms with Gasteiger partial charge in [-0.2, -0.15) is 0 Å². The Hall–Kier alpha value is -0.900. The Balaban J connectivity index is 3.53. The SMILES string of the molecule is CC(=O)C(CCCCCCCCCCN)CCCCCC(=O)O. The van der Waals surface area contributed by atoms with Crippen LogP contribution in [0.2, 0.25) is 0 Å². The predicted molar refractivity (Wildman–Crippen MR) is 95.5 cm³/mol. The number of unbranched alkanes of at least 4 members (excludes halogenated alkanes) is 9. The Bertz CT molecular complexity index is 305. The molecule has 4 nitrogen and oxygen atoms in total. The third kappa shape index (κ3) is 15.8. The molecule has 1 unspecified atom stereocenters. The molecule has 0 aliphatic carbocycles. The topological polar surface area (TPSA) is 80.4 Å². The number of carboxylic acid groups (broad SMARTS) is 1. The summed E-state index contributed by atoms with van der Waals surface area (Å²) >= 11 is 0. The molecule has 0 heterocycles. The summed E-state index contributed by atoms with van der Waals surface area (Å²) in [5.41, 5.74) is 5.47. The van der Waals surface area contributed by atoms with Gasteiger partial charge in [-0.3, -0.25) is 9.59 Å². The van der Waals surface area contributed by atoms with E-state index in [1.807, 2.05) is 0 Å². The Morgan fingerprint density at radius 3 is 1.65 bits per heavy atom. The maximum absolute atomic E-state index is 11.7. The number of ketones is 1. The highest BCUT2D eigenvalue weighted by Gasteiger charge is 2.13. The monoisotopic (exact) mass is 327 g/mol. The van der Waals surface area contributed by atoms with E-state index < -0.39 is 5.97 Å². The molecule has 1 atom stereocenters. The summed E-state index contributed by atoms with van der Waals surface area (Å²) in [5.74, 6) is -0.245. The zero-order chi connectivity index (χ0) is 17.3. The third-order valence-electron chi connectivity index (χ3n) is 4.52. The standard InChI is InChI=1S/C19H37NO3/c1-17(21)18(14-10-8-11-15-19(22)23)13-9-6-4-2-3-5-7-12-16-20/h18H,2-16,20H2,1H3,(H,22,23). The van der Waals surface area contributed by atoms with Crippen LogP contribution in [0.3, 0.4) is 0 Å². The summed E-state index contributed by atoms with van der Waals surface area (Å²) < 4.78 is 0. The normalized spacial score (nSPS) is 12.3. The van der Waals surface area contributed by atoms with Crippen LogP contribution in [0.25, 0.3) is 0 Å². The fourth-order valence-electron chi connectivity index (χ4n) is 2.99. The minimum absolute atomic E-state index is 0.185. The van der Waals surface area contributed by atoms with Crippen LogP contribution in [0.1, 0.15) is 96.8 Å². The van der Waals surface area contributed by atoms with Crippen LogP contribution in [-0.4, -0.2) is 23.4 Å². The fraction of sp³-hybridized carbons (Fsp3) is 0.895. The predicted octanol–water partition coefficient (Wildman–Crippen LogP) is 4.70. The summed E-state index contributed by atoms with van der Waals surface area (Å²) in [7, 11) is 0. The van der Waals surface area contributed by atoms with Crippen molar-refractivity contribution in [2.45, 2.75) is 96.8 Å². The molecule has 0 radical (unpaired) electrons.